The monoisotopic (exact) mass is 288 g/mol. The number of rotatable bonds is 3. The SMILES string of the molecule is CCc1ccc(N2C[C@H](c3nnc(N)s3)CC2=O)cc1. The largest absolute Gasteiger partial charge is 0.374 e. The molecule has 1 atom stereocenters. The fraction of sp³-hybridized carbons (Fsp3) is 0.357. The van der Waals surface area contributed by atoms with Gasteiger partial charge >= 0.3 is 0 Å². The minimum absolute atomic E-state index is 0.100. The summed E-state index contributed by atoms with van der Waals surface area (Å²) in [6.45, 7) is 2.77. The van der Waals surface area contributed by atoms with Crippen LogP contribution in [0.1, 0.15) is 29.8 Å². The van der Waals surface area contributed by atoms with Crippen molar-refractivity contribution in [2.24, 2.45) is 0 Å². The van der Waals surface area contributed by atoms with Crippen molar-refractivity contribution in [1.82, 2.24) is 10.2 Å². The van der Waals surface area contributed by atoms with Gasteiger partial charge in [-0.25, -0.2) is 0 Å². The van der Waals surface area contributed by atoms with E-state index in [0.717, 1.165) is 17.1 Å². The van der Waals surface area contributed by atoms with Crippen LogP contribution in [0.3, 0.4) is 0 Å². The van der Waals surface area contributed by atoms with Crippen LogP contribution in [0.5, 0.6) is 0 Å². The van der Waals surface area contributed by atoms with E-state index in [1.165, 1.54) is 16.9 Å². The molecule has 3 rings (SSSR count). The molecule has 2 heterocycles. The third-order valence-corrected chi connectivity index (χ3v) is 4.50. The van der Waals surface area contributed by atoms with Crippen LogP contribution >= 0.6 is 11.3 Å². The van der Waals surface area contributed by atoms with Crippen molar-refractivity contribution in [3.05, 3.63) is 34.8 Å². The molecule has 0 bridgehead atoms. The molecule has 1 aliphatic rings. The van der Waals surface area contributed by atoms with Gasteiger partial charge in [0.05, 0.1) is 0 Å². The Morgan fingerprint density at radius 3 is 2.70 bits per heavy atom. The number of hydrogen-bond donors (Lipinski definition) is 1. The zero-order valence-corrected chi connectivity index (χ0v) is 12.1. The van der Waals surface area contributed by atoms with E-state index in [0.29, 0.717) is 18.1 Å². The number of aryl methyl sites for hydroxylation is 1. The quantitative estimate of drug-likeness (QED) is 0.939. The maximum absolute atomic E-state index is 12.2. The molecule has 2 N–H and O–H groups in total. The molecule has 1 aromatic heterocycles. The van der Waals surface area contributed by atoms with Crippen molar-refractivity contribution >= 4 is 28.1 Å². The average Bonchev–Trinajstić information content (AvgIpc) is 3.05. The highest BCUT2D eigenvalue weighted by atomic mass is 32.1. The van der Waals surface area contributed by atoms with E-state index in [-0.39, 0.29) is 11.8 Å². The average molecular weight is 288 g/mol. The number of anilines is 2. The van der Waals surface area contributed by atoms with Gasteiger partial charge in [0.2, 0.25) is 11.0 Å². The Morgan fingerprint density at radius 2 is 2.10 bits per heavy atom. The first-order valence-corrected chi connectivity index (χ1v) is 7.47. The zero-order chi connectivity index (χ0) is 14.1. The van der Waals surface area contributed by atoms with Crippen LogP contribution in [0.4, 0.5) is 10.8 Å². The molecule has 0 aliphatic carbocycles. The predicted octanol–water partition coefficient (Wildman–Crippen LogP) is 2.20. The van der Waals surface area contributed by atoms with Crippen molar-refractivity contribution in [1.29, 1.82) is 0 Å². The number of amides is 1. The highest BCUT2D eigenvalue weighted by Gasteiger charge is 2.33. The molecule has 1 saturated heterocycles. The van der Waals surface area contributed by atoms with E-state index in [1.807, 2.05) is 17.0 Å². The van der Waals surface area contributed by atoms with Gasteiger partial charge in [-0.1, -0.05) is 30.4 Å². The summed E-state index contributed by atoms with van der Waals surface area (Å²) in [4.78, 5) is 14.0. The van der Waals surface area contributed by atoms with Gasteiger partial charge < -0.3 is 10.6 Å². The number of carbonyl (C=O) groups excluding carboxylic acids is 1. The number of hydrogen-bond acceptors (Lipinski definition) is 5. The first kappa shape index (κ1) is 13.1. The van der Waals surface area contributed by atoms with Crippen LogP contribution in [-0.4, -0.2) is 22.6 Å². The predicted molar refractivity (Wildman–Crippen MR) is 79.9 cm³/mol. The van der Waals surface area contributed by atoms with Gasteiger partial charge in [-0.15, -0.1) is 10.2 Å². The van der Waals surface area contributed by atoms with Crippen LogP contribution in [0.25, 0.3) is 0 Å². The summed E-state index contributed by atoms with van der Waals surface area (Å²) in [5.74, 6) is 0.233. The standard InChI is InChI=1S/C14H16N4OS/c1-2-9-3-5-11(6-4-9)18-8-10(7-12(18)19)13-16-17-14(15)20-13/h3-6,10H,2,7-8H2,1H3,(H2,15,17)/t10-/m1/s1. The topological polar surface area (TPSA) is 72.1 Å². The Kier molecular flexibility index (Phi) is 3.40. The molecule has 104 valence electrons. The molecular formula is C14H16N4OS. The number of aromatic nitrogens is 2. The van der Waals surface area contributed by atoms with Crippen molar-refractivity contribution in [3.8, 4) is 0 Å². The summed E-state index contributed by atoms with van der Waals surface area (Å²) in [6.07, 6.45) is 1.48. The molecule has 6 heteroatoms. The highest BCUT2D eigenvalue weighted by molar-refractivity contribution is 7.15. The van der Waals surface area contributed by atoms with Gasteiger partial charge in [0.1, 0.15) is 5.01 Å². The van der Waals surface area contributed by atoms with Gasteiger partial charge in [0.25, 0.3) is 0 Å². The van der Waals surface area contributed by atoms with Gasteiger partial charge in [-0.05, 0) is 24.1 Å². The maximum atomic E-state index is 12.2. The lowest BCUT2D eigenvalue weighted by molar-refractivity contribution is -0.117. The minimum atomic E-state index is 0.100. The summed E-state index contributed by atoms with van der Waals surface area (Å²) in [7, 11) is 0. The molecule has 5 nitrogen and oxygen atoms in total. The van der Waals surface area contributed by atoms with Crippen molar-refractivity contribution in [3.63, 3.8) is 0 Å². The highest BCUT2D eigenvalue weighted by Crippen LogP contribution is 2.33. The Bertz CT molecular complexity index is 622. The lowest BCUT2D eigenvalue weighted by Gasteiger charge is -2.16. The number of nitrogens with zero attached hydrogens (tertiary/aromatic N) is 3. The summed E-state index contributed by atoms with van der Waals surface area (Å²) in [6, 6.07) is 8.15. The van der Waals surface area contributed by atoms with Crippen LogP contribution in [0.2, 0.25) is 0 Å². The molecule has 0 radical (unpaired) electrons. The molecular weight excluding hydrogens is 272 g/mol. The summed E-state index contributed by atoms with van der Waals surface area (Å²) in [5.41, 5.74) is 7.83. The fourth-order valence-electron chi connectivity index (χ4n) is 2.45. The van der Waals surface area contributed by atoms with Crippen LogP contribution < -0.4 is 10.6 Å². The molecule has 2 aromatic rings. The Morgan fingerprint density at radius 1 is 1.35 bits per heavy atom. The molecule has 0 unspecified atom stereocenters. The van der Waals surface area contributed by atoms with Gasteiger partial charge in [0, 0.05) is 24.6 Å². The van der Waals surface area contributed by atoms with Gasteiger partial charge in [-0.3, -0.25) is 4.79 Å². The summed E-state index contributed by atoms with van der Waals surface area (Å²) < 4.78 is 0. The van der Waals surface area contributed by atoms with E-state index in [2.05, 4.69) is 29.3 Å². The second-order valence-corrected chi connectivity index (χ2v) is 5.94. The molecule has 1 aromatic carbocycles. The van der Waals surface area contributed by atoms with E-state index < -0.39 is 0 Å². The number of carbonyl (C=O) groups is 1. The first-order valence-electron chi connectivity index (χ1n) is 6.65. The van der Waals surface area contributed by atoms with Crippen molar-refractivity contribution < 1.29 is 4.79 Å². The minimum Gasteiger partial charge on any atom is -0.374 e. The third-order valence-electron chi connectivity index (χ3n) is 3.59. The fourth-order valence-corrected chi connectivity index (χ4v) is 3.15. The second-order valence-electron chi connectivity index (χ2n) is 4.90. The zero-order valence-electron chi connectivity index (χ0n) is 11.2. The lowest BCUT2D eigenvalue weighted by Crippen LogP contribution is -2.24. The van der Waals surface area contributed by atoms with Crippen molar-refractivity contribution in [2.45, 2.75) is 25.7 Å². The Hall–Kier alpha value is -1.95. The molecule has 0 saturated carbocycles. The van der Waals surface area contributed by atoms with Crippen LogP contribution in [-0.2, 0) is 11.2 Å². The smallest absolute Gasteiger partial charge is 0.227 e. The van der Waals surface area contributed by atoms with E-state index in [1.54, 1.807) is 0 Å². The Labute approximate surface area is 121 Å². The van der Waals surface area contributed by atoms with Gasteiger partial charge in [0.15, 0.2) is 0 Å². The molecule has 1 amide bonds. The lowest BCUT2D eigenvalue weighted by atomic mass is 10.1. The Balaban J connectivity index is 1.79. The molecule has 1 fully saturated rings. The number of benzene rings is 1. The molecule has 20 heavy (non-hydrogen) atoms. The van der Waals surface area contributed by atoms with E-state index in [4.69, 9.17) is 5.73 Å². The number of nitrogen functional groups attached to an aromatic ring is 1. The summed E-state index contributed by atoms with van der Waals surface area (Å²) >= 11 is 1.37. The van der Waals surface area contributed by atoms with Crippen LogP contribution in [0, 0.1) is 0 Å². The first-order chi connectivity index (χ1) is 9.67. The summed E-state index contributed by atoms with van der Waals surface area (Å²) in [5, 5.41) is 9.18. The normalized spacial score (nSPS) is 18.8. The van der Waals surface area contributed by atoms with Crippen molar-refractivity contribution in [2.75, 3.05) is 17.2 Å². The molecule has 1 aliphatic heterocycles. The van der Waals surface area contributed by atoms with E-state index in [9.17, 15) is 4.79 Å². The number of nitrogens with two attached hydrogens (primary N) is 1. The maximum Gasteiger partial charge on any atom is 0.227 e. The van der Waals surface area contributed by atoms with Crippen LogP contribution in [0.15, 0.2) is 24.3 Å². The third kappa shape index (κ3) is 2.38. The van der Waals surface area contributed by atoms with E-state index >= 15 is 0 Å². The van der Waals surface area contributed by atoms with Gasteiger partial charge in [-0.2, -0.15) is 0 Å². The second kappa shape index (κ2) is 5.20. The molecule has 0 spiro atoms.